The Balaban J connectivity index is 1.84. The number of aryl methyl sites for hydroxylation is 1. The minimum atomic E-state index is -0.581. The number of rotatable bonds is 12. The number of carbonyl (C=O) groups excluding carboxylic acids is 2. The van der Waals surface area contributed by atoms with Gasteiger partial charge in [-0.15, -0.1) is 0 Å². The fraction of sp³-hybridized carbons (Fsp3) is 0.375. The molecule has 0 aromatic heterocycles. The third-order valence-electron chi connectivity index (χ3n) is 6.43. The lowest BCUT2D eigenvalue weighted by Crippen LogP contribution is -2.51. The maximum absolute atomic E-state index is 13.7. The molecule has 36 heavy (non-hydrogen) atoms. The van der Waals surface area contributed by atoms with Gasteiger partial charge in [0.2, 0.25) is 11.8 Å². The molecule has 190 valence electrons. The molecule has 3 aromatic carbocycles. The van der Waals surface area contributed by atoms with Crippen molar-refractivity contribution in [1.82, 2.24) is 10.2 Å². The van der Waals surface area contributed by atoms with Crippen molar-refractivity contribution < 1.29 is 9.59 Å². The van der Waals surface area contributed by atoms with Gasteiger partial charge in [0.25, 0.3) is 0 Å². The number of benzene rings is 3. The van der Waals surface area contributed by atoms with Gasteiger partial charge < -0.3 is 10.2 Å². The predicted molar refractivity (Wildman–Crippen MR) is 148 cm³/mol. The van der Waals surface area contributed by atoms with Gasteiger partial charge in [-0.05, 0) is 40.5 Å². The number of carbonyl (C=O) groups is 2. The third-order valence-corrected chi connectivity index (χ3v) is 6.43. The minimum absolute atomic E-state index is 0.00702. The molecule has 0 saturated carbocycles. The number of hydrogen-bond acceptors (Lipinski definition) is 2. The van der Waals surface area contributed by atoms with Crippen molar-refractivity contribution in [3.8, 4) is 0 Å². The highest BCUT2D eigenvalue weighted by molar-refractivity contribution is 5.88. The number of amides is 2. The third kappa shape index (κ3) is 8.37. The number of nitrogens with zero attached hydrogens (tertiary/aromatic N) is 1. The second-order valence-electron chi connectivity index (χ2n) is 10.2. The molecule has 0 heterocycles. The van der Waals surface area contributed by atoms with Crippen LogP contribution in [0.4, 0.5) is 0 Å². The first-order valence-electron chi connectivity index (χ1n) is 13.1. The van der Waals surface area contributed by atoms with E-state index in [2.05, 4.69) is 57.3 Å². The summed E-state index contributed by atoms with van der Waals surface area (Å²) in [7, 11) is 0. The van der Waals surface area contributed by atoms with Crippen molar-refractivity contribution in [2.24, 2.45) is 5.92 Å². The number of hydrogen-bond donors (Lipinski definition) is 1. The van der Waals surface area contributed by atoms with E-state index < -0.39 is 6.04 Å². The van der Waals surface area contributed by atoms with Crippen LogP contribution in [-0.4, -0.2) is 29.3 Å². The maximum atomic E-state index is 13.7. The first-order chi connectivity index (χ1) is 17.3. The zero-order valence-electron chi connectivity index (χ0n) is 22.1. The second-order valence-corrected chi connectivity index (χ2v) is 10.2. The monoisotopic (exact) mass is 484 g/mol. The standard InChI is InChI=1S/C32H40N2O2/c1-24(2)22-33-32(36)30(21-27-11-7-5-8-12-27)34(23-28-13-9-6-10-14-28)31(35)20-17-26-15-18-29(19-16-26)25(3)4/h5-16,18-19,24-25,30H,17,20-23H2,1-4H3,(H,33,36). The highest BCUT2D eigenvalue weighted by Crippen LogP contribution is 2.19. The molecule has 0 bridgehead atoms. The van der Waals surface area contributed by atoms with Crippen molar-refractivity contribution in [2.45, 2.75) is 65.5 Å². The fourth-order valence-corrected chi connectivity index (χ4v) is 4.22. The van der Waals surface area contributed by atoms with Crippen LogP contribution in [0.1, 0.15) is 62.3 Å². The lowest BCUT2D eigenvalue weighted by molar-refractivity contribution is -0.141. The van der Waals surface area contributed by atoms with Gasteiger partial charge >= 0.3 is 0 Å². The van der Waals surface area contributed by atoms with Crippen molar-refractivity contribution in [3.05, 3.63) is 107 Å². The van der Waals surface area contributed by atoms with Crippen molar-refractivity contribution in [2.75, 3.05) is 6.54 Å². The maximum Gasteiger partial charge on any atom is 0.243 e. The molecule has 3 aromatic rings. The van der Waals surface area contributed by atoms with Crippen LogP contribution in [0.15, 0.2) is 84.9 Å². The van der Waals surface area contributed by atoms with E-state index in [-0.39, 0.29) is 11.8 Å². The second kappa shape index (κ2) is 13.6. The molecule has 0 aliphatic carbocycles. The number of nitrogens with one attached hydrogen (secondary N) is 1. The summed E-state index contributed by atoms with van der Waals surface area (Å²) < 4.78 is 0. The highest BCUT2D eigenvalue weighted by Gasteiger charge is 2.30. The molecule has 1 N–H and O–H groups in total. The Morgan fingerprint density at radius 3 is 1.89 bits per heavy atom. The van der Waals surface area contributed by atoms with Crippen LogP contribution in [0.2, 0.25) is 0 Å². The summed E-state index contributed by atoms with van der Waals surface area (Å²) in [6, 6.07) is 27.8. The van der Waals surface area contributed by atoms with Crippen LogP contribution in [0, 0.1) is 5.92 Å². The Labute approximate surface area is 216 Å². The van der Waals surface area contributed by atoms with Gasteiger partial charge in [0.05, 0.1) is 0 Å². The molecule has 0 fully saturated rings. The van der Waals surface area contributed by atoms with Gasteiger partial charge in [0, 0.05) is 25.9 Å². The Kier molecular flexibility index (Phi) is 10.3. The van der Waals surface area contributed by atoms with Gasteiger partial charge in [-0.1, -0.05) is 113 Å². The van der Waals surface area contributed by atoms with E-state index in [1.54, 1.807) is 4.90 Å². The van der Waals surface area contributed by atoms with Crippen LogP contribution in [0.3, 0.4) is 0 Å². The van der Waals surface area contributed by atoms with E-state index in [1.165, 1.54) is 5.56 Å². The normalized spacial score (nSPS) is 11.9. The molecule has 1 unspecified atom stereocenters. The average molecular weight is 485 g/mol. The van der Waals surface area contributed by atoms with Crippen molar-refractivity contribution >= 4 is 11.8 Å². The highest BCUT2D eigenvalue weighted by atomic mass is 16.2. The first-order valence-corrected chi connectivity index (χ1v) is 13.1. The van der Waals surface area contributed by atoms with Gasteiger partial charge in [-0.3, -0.25) is 9.59 Å². The van der Waals surface area contributed by atoms with Gasteiger partial charge in [0.15, 0.2) is 0 Å². The van der Waals surface area contributed by atoms with Gasteiger partial charge in [-0.2, -0.15) is 0 Å². The lowest BCUT2D eigenvalue weighted by Gasteiger charge is -2.32. The molecule has 3 rings (SSSR count). The fourth-order valence-electron chi connectivity index (χ4n) is 4.22. The summed E-state index contributed by atoms with van der Waals surface area (Å²) >= 11 is 0. The topological polar surface area (TPSA) is 49.4 Å². The molecule has 1 atom stereocenters. The van der Waals surface area contributed by atoms with E-state index in [0.717, 1.165) is 16.7 Å². The van der Waals surface area contributed by atoms with Crippen LogP contribution in [0.25, 0.3) is 0 Å². The van der Waals surface area contributed by atoms with Crippen LogP contribution in [-0.2, 0) is 29.0 Å². The molecular formula is C32H40N2O2. The SMILES string of the molecule is CC(C)CNC(=O)C(Cc1ccccc1)N(Cc1ccccc1)C(=O)CCc1ccc(C(C)C)cc1. The van der Waals surface area contributed by atoms with Gasteiger partial charge in [-0.25, -0.2) is 0 Å². The summed E-state index contributed by atoms with van der Waals surface area (Å²) in [5.41, 5.74) is 4.48. The van der Waals surface area contributed by atoms with Crippen molar-refractivity contribution in [1.29, 1.82) is 0 Å². The summed E-state index contributed by atoms with van der Waals surface area (Å²) in [5.74, 6) is 0.703. The van der Waals surface area contributed by atoms with E-state index in [0.29, 0.717) is 44.2 Å². The van der Waals surface area contributed by atoms with Gasteiger partial charge in [0.1, 0.15) is 6.04 Å². The van der Waals surface area contributed by atoms with E-state index in [1.807, 2.05) is 60.7 Å². The predicted octanol–water partition coefficient (Wildman–Crippen LogP) is 6.15. The summed E-state index contributed by atoms with van der Waals surface area (Å²) in [4.78, 5) is 29.0. The largest absolute Gasteiger partial charge is 0.354 e. The average Bonchev–Trinajstić information content (AvgIpc) is 2.89. The molecule has 0 spiro atoms. The summed E-state index contributed by atoms with van der Waals surface area (Å²) in [5, 5.41) is 3.08. The summed E-state index contributed by atoms with van der Waals surface area (Å²) in [6.07, 6.45) is 1.48. The quantitative estimate of drug-likeness (QED) is 0.335. The Hall–Kier alpha value is -3.40. The molecular weight excluding hydrogens is 444 g/mol. The zero-order valence-corrected chi connectivity index (χ0v) is 22.1. The zero-order chi connectivity index (χ0) is 25.9. The Morgan fingerprint density at radius 1 is 0.750 bits per heavy atom. The van der Waals surface area contributed by atoms with E-state index in [4.69, 9.17) is 0 Å². The summed E-state index contributed by atoms with van der Waals surface area (Å²) in [6.45, 7) is 9.49. The molecule has 4 nitrogen and oxygen atoms in total. The molecule has 0 radical (unpaired) electrons. The van der Waals surface area contributed by atoms with Crippen molar-refractivity contribution in [3.63, 3.8) is 0 Å². The van der Waals surface area contributed by atoms with Crippen LogP contribution >= 0.6 is 0 Å². The molecule has 0 aliphatic rings. The first kappa shape index (κ1) is 27.2. The van der Waals surface area contributed by atoms with E-state index >= 15 is 0 Å². The minimum Gasteiger partial charge on any atom is -0.354 e. The van der Waals surface area contributed by atoms with Crippen LogP contribution < -0.4 is 5.32 Å². The lowest BCUT2D eigenvalue weighted by atomic mass is 9.99. The molecule has 2 amide bonds. The Morgan fingerprint density at radius 2 is 1.33 bits per heavy atom. The smallest absolute Gasteiger partial charge is 0.243 e. The molecule has 4 heteroatoms. The molecule has 0 aliphatic heterocycles. The molecule has 0 saturated heterocycles. The van der Waals surface area contributed by atoms with E-state index in [9.17, 15) is 9.59 Å². The van der Waals surface area contributed by atoms with Crippen LogP contribution in [0.5, 0.6) is 0 Å². The Bertz CT molecular complexity index is 1080.